The zero-order valence-electron chi connectivity index (χ0n) is 23.6. The smallest absolute Gasteiger partial charge is 0.0540 e. The van der Waals surface area contributed by atoms with E-state index in [0.29, 0.717) is 0 Å². The van der Waals surface area contributed by atoms with E-state index >= 15 is 0 Å². The molecule has 0 aliphatic carbocycles. The van der Waals surface area contributed by atoms with Gasteiger partial charge in [-0.2, -0.15) is 0 Å². The molecule has 0 aliphatic rings. The molecule has 41 heavy (non-hydrogen) atoms. The highest BCUT2D eigenvalue weighted by Gasteiger charge is 2.17. The standard InChI is InChI=1S/C39H34N2/c1-3-30(4-2)31-22-24-36(25-23-31)41(39-21-13-15-32-14-11-12-20-38(32)39)37-28-26-35(27-29-37)40(33-16-7-5-8-17-33)34-18-9-6-10-19-34/h3,5-29H,4H2,1-2H3. The van der Waals surface area contributed by atoms with Crippen LogP contribution in [0.3, 0.4) is 0 Å². The van der Waals surface area contributed by atoms with Crippen molar-refractivity contribution in [1.29, 1.82) is 0 Å². The average Bonchev–Trinajstić information content (AvgIpc) is 3.04. The van der Waals surface area contributed by atoms with Gasteiger partial charge in [0.15, 0.2) is 0 Å². The lowest BCUT2D eigenvalue weighted by atomic mass is 10.0. The Morgan fingerprint density at radius 1 is 0.488 bits per heavy atom. The second kappa shape index (κ2) is 12.0. The second-order valence-electron chi connectivity index (χ2n) is 10.1. The van der Waals surface area contributed by atoms with Crippen molar-refractivity contribution in [3.8, 4) is 0 Å². The van der Waals surface area contributed by atoms with E-state index in [1.807, 2.05) is 0 Å². The van der Waals surface area contributed by atoms with Crippen LogP contribution in [0.5, 0.6) is 0 Å². The van der Waals surface area contributed by atoms with Crippen molar-refractivity contribution >= 4 is 50.5 Å². The fourth-order valence-electron chi connectivity index (χ4n) is 5.58. The lowest BCUT2D eigenvalue weighted by Gasteiger charge is -2.29. The summed E-state index contributed by atoms with van der Waals surface area (Å²) in [4.78, 5) is 4.66. The molecule has 0 saturated heterocycles. The quantitative estimate of drug-likeness (QED) is 0.193. The fraction of sp³-hybridized carbons (Fsp3) is 0.0769. The van der Waals surface area contributed by atoms with Crippen molar-refractivity contribution in [1.82, 2.24) is 0 Å². The van der Waals surface area contributed by atoms with Gasteiger partial charge in [-0.3, -0.25) is 0 Å². The van der Waals surface area contributed by atoms with E-state index < -0.39 is 0 Å². The highest BCUT2D eigenvalue weighted by Crippen LogP contribution is 2.41. The minimum Gasteiger partial charge on any atom is -0.311 e. The van der Waals surface area contributed by atoms with E-state index in [4.69, 9.17) is 0 Å². The molecule has 6 aromatic carbocycles. The molecule has 0 amide bonds. The maximum atomic E-state index is 2.37. The largest absolute Gasteiger partial charge is 0.311 e. The molecule has 0 aliphatic heterocycles. The lowest BCUT2D eigenvalue weighted by molar-refractivity contribution is 1.23. The maximum Gasteiger partial charge on any atom is 0.0540 e. The van der Waals surface area contributed by atoms with E-state index in [9.17, 15) is 0 Å². The molecule has 0 atom stereocenters. The summed E-state index contributed by atoms with van der Waals surface area (Å²) in [6.07, 6.45) is 3.23. The molecule has 6 rings (SSSR count). The molecule has 0 fully saturated rings. The van der Waals surface area contributed by atoms with Gasteiger partial charge >= 0.3 is 0 Å². The number of anilines is 6. The average molecular weight is 531 g/mol. The predicted octanol–water partition coefficient (Wildman–Crippen LogP) is 11.6. The van der Waals surface area contributed by atoms with Crippen LogP contribution in [-0.4, -0.2) is 0 Å². The molecule has 2 heteroatoms. The van der Waals surface area contributed by atoms with Crippen molar-refractivity contribution < 1.29 is 0 Å². The monoisotopic (exact) mass is 530 g/mol. The molecular formula is C39H34N2. The third kappa shape index (κ3) is 5.37. The summed E-state index contributed by atoms with van der Waals surface area (Å²) in [5.41, 5.74) is 9.40. The van der Waals surface area contributed by atoms with Crippen LogP contribution in [-0.2, 0) is 0 Å². The van der Waals surface area contributed by atoms with E-state index in [0.717, 1.165) is 40.5 Å². The van der Waals surface area contributed by atoms with Gasteiger partial charge in [0.1, 0.15) is 0 Å². The van der Waals surface area contributed by atoms with Crippen LogP contribution >= 0.6 is 0 Å². The Kier molecular flexibility index (Phi) is 7.64. The van der Waals surface area contributed by atoms with Crippen LogP contribution in [0.15, 0.2) is 158 Å². The number of fused-ring (bicyclic) bond motifs is 1. The third-order valence-electron chi connectivity index (χ3n) is 7.63. The highest BCUT2D eigenvalue weighted by atomic mass is 15.2. The summed E-state index contributed by atoms with van der Waals surface area (Å²) in [6.45, 7) is 4.33. The second-order valence-corrected chi connectivity index (χ2v) is 10.1. The minimum absolute atomic E-state index is 1.02. The van der Waals surface area contributed by atoms with E-state index in [1.54, 1.807) is 0 Å². The van der Waals surface area contributed by atoms with Crippen molar-refractivity contribution in [3.05, 3.63) is 163 Å². The molecule has 2 nitrogen and oxygen atoms in total. The van der Waals surface area contributed by atoms with Gasteiger partial charge in [0.05, 0.1) is 5.69 Å². The molecule has 0 N–H and O–H groups in total. The fourth-order valence-corrected chi connectivity index (χ4v) is 5.58. The van der Waals surface area contributed by atoms with Crippen LogP contribution in [0.2, 0.25) is 0 Å². The summed E-state index contributed by atoms with van der Waals surface area (Å²) in [5, 5.41) is 2.45. The van der Waals surface area contributed by atoms with Crippen LogP contribution in [0.1, 0.15) is 25.8 Å². The Bertz CT molecular complexity index is 1710. The topological polar surface area (TPSA) is 6.48 Å². The minimum atomic E-state index is 1.02. The normalized spacial score (nSPS) is 11.4. The molecule has 0 heterocycles. The first-order valence-electron chi connectivity index (χ1n) is 14.3. The predicted molar refractivity (Wildman–Crippen MR) is 177 cm³/mol. The van der Waals surface area contributed by atoms with Gasteiger partial charge < -0.3 is 9.80 Å². The number of benzene rings is 6. The maximum absolute atomic E-state index is 2.37. The van der Waals surface area contributed by atoms with Crippen molar-refractivity contribution in [2.24, 2.45) is 0 Å². The Morgan fingerprint density at radius 2 is 0.951 bits per heavy atom. The molecule has 0 saturated carbocycles. The molecule has 0 radical (unpaired) electrons. The van der Waals surface area contributed by atoms with Gasteiger partial charge in [-0.15, -0.1) is 0 Å². The molecule has 0 bridgehead atoms. The van der Waals surface area contributed by atoms with Gasteiger partial charge in [-0.1, -0.05) is 97.9 Å². The van der Waals surface area contributed by atoms with E-state index in [1.165, 1.54) is 21.9 Å². The summed E-state index contributed by atoms with van der Waals surface area (Å²) in [5.74, 6) is 0. The Morgan fingerprint density at radius 3 is 1.51 bits per heavy atom. The third-order valence-corrected chi connectivity index (χ3v) is 7.63. The molecule has 0 unspecified atom stereocenters. The number of hydrogen-bond acceptors (Lipinski definition) is 2. The summed E-state index contributed by atoms with van der Waals surface area (Å²) >= 11 is 0. The zero-order valence-corrected chi connectivity index (χ0v) is 23.6. The van der Waals surface area contributed by atoms with Gasteiger partial charge in [-0.25, -0.2) is 0 Å². The van der Waals surface area contributed by atoms with Crippen molar-refractivity contribution in [2.75, 3.05) is 9.80 Å². The summed E-state index contributed by atoms with van der Waals surface area (Å²) in [6, 6.07) is 54.1. The summed E-state index contributed by atoms with van der Waals surface area (Å²) < 4.78 is 0. The first-order chi connectivity index (χ1) is 20.3. The molecule has 0 aromatic heterocycles. The van der Waals surface area contributed by atoms with Crippen LogP contribution < -0.4 is 9.80 Å². The highest BCUT2D eigenvalue weighted by molar-refractivity contribution is 5.99. The molecular weight excluding hydrogens is 496 g/mol. The first-order valence-corrected chi connectivity index (χ1v) is 14.3. The number of hydrogen-bond donors (Lipinski definition) is 0. The number of nitrogens with zero attached hydrogens (tertiary/aromatic N) is 2. The molecule has 6 aromatic rings. The number of allylic oxidation sites excluding steroid dienone is 2. The van der Waals surface area contributed by atoms with Crippen LogP contribution in [0.4, 0.5) is 34.1 Å². The Hall–Kier alpha value is -5.08. The Labute approximate surface area is 243 Å². The van der Waals surface area contributed by atoms with Crippen LogP contribution in [0.25, 0.3) is 16.3 Å². The Balaban J connectivity index is 1.47. The van der Waals surface area contributed by atoms with Gasteiger partial charge in [0, 0.05) is 33.8 Å². The van der Waals surface area contributed by atoms with Crippen LogP contribution in [0, 0.1) is 0 Å². The lowest BCUT2D eigenvalue weighted by Crippen LogP contribution is -2.12. The first kappa shape index (κ1) is 26.2. The SMILES string of the molecule is CC=C(CC)c1ccc(N(c2ccc(N(c3ccccc3)c3ccccc3)cc2)c2cccc3ccccc23)cc1. The van der Waals surface area contributed by atoms with E-state index in [2.05, 4.69) is 181 Å². The zero-order chi connectivity index (χ0) is 28.0. The van der Waals surface area contributed by atoms with Gasteiger partial charge in [-0.05, 0) is 96.6 Å². The molecule has 0 spiro atoms. The number of rotatable bonds is 8. The van der Waals surface area contributed by atoms with Crippen molar-refractivity contribution in [2.45, 2.75) is 20.3 Å². The van der Waals surface area contributed by atoms with E-state index in [-0.39, 0.29) is 0 Å². The van der Waals surface area contributed by atoms with Gasteiger partial charge in [0.2, 0.25) is 0 Å². The number of para-hydroxylation sites is 2. The van der Waals surface area contributed by atoms with Gasteiger partial charge in [0.25, 0.3) is 0 Å². The van der Waals surface area contributed by atoms with Crippen molar-refractivity contribution in [3.63, 3.8) is 0 Å². The summed E-state index contributed by atoms with van der Waals surface area (Å²) in [7, 11) is 0. The molecule has 200 valence electrons.